The quantitative estimate of drug-likeness (QED) is 0.366. The van der Waals surface area contributed by atoms with Crippen LogP contribution in [0.15, 0.2) is 47.6 Å². The number of non-ortho nitro benzene ring substituents is 1. The molecule has 0 aliphatic heterocycles. The molecule has 0 bridgehead atoms. The molecular weight excluding hydrogens is 396 g/mol. The molecule has 1 heterocycles. The van der Waals surface area contributed by atoms with Gasteiger partial charge in [-0.2, -0.15) is 5.10 Å². The van der Waals surface area contributed by atoms with Gasteiger partial charge >= 0.3 is 0 Å². The Hall–Kier alpha value is -3.06. The van der Waals surface area contributed by atoms with Crippen LogP contribution in [0.1, 0.15) is 43.2 Å². The highest BCUT2D eigenvalue weighted by Crippen LogP contribution is 2.40. The van der Waals surface area contributed by atoms with Crippen LogP contribution in [0.2, 0.25) is 0 Å². The Morgan fingerprint density at radius 1 is 1.07 bits per heavy atom. The fraction of sp³-hybridized carbons (Fsp3) is 0.304. The minimum atomic E-state index is -0.380. The Bertz CT molecular complexity index is 1090. The molecule has 1 aromatic heterocycles. The van der Waals surface area contributed by atoms with Gasteiger partial charge in [0, 0.05) is 23.4 Å². The Morgan fingerprint density at radius 2 is 1.80 bits per heavy atom. The number of benzene rings is 2. The molecule has 1 fully saturated rings. The number of thiazole rings is 1. The molecule has 1 saturated carbocycles. The number of anilines is 1. The van der Waals surface area contributed by atoms with Gasteiger partial charge in [-0.15, -0.1) is 0 Å². The summed E-state index contributed by atoms with van der Waals surface area (Å²) >= 11 is 1.52. The predicted molar refractivity (Wildman–Crippen MR) is 123 cm³/mol. The summed E-state index contributed by atoms with van der Waals surface area (Å²) < 4.78 is 0. The van der Waals surface area contributed by atoms with Gasteiger partial charge in [0.1, 0.15) is 0 Å². The van der Waals surface area contributed by atoms with Gasteiger partial charge < -0.3 is 0 Å². The summed E-state index contributed by atoms with van der Waals surface area (Å²) in [6.07, 6.45) is 5.74. The zero-order valence-corrected chi connectivity index (χ0v) is 18.0. The number of nitro groups is 1. The van der Waals surface area contributed by atoms with Gasteiger partial charge in [0.2, 0.25) is 5.13 Å². The van der Waals surface area contributed by atoms with Crippen molar-refractivity contribution in [2.75, 3.05) is 5.43 Å². The molecule has 0 amide bonds. The first-order valence-corrected chi connectivity index (χ1v) is 11.0. The number of aromatic nitrogens is 1. The summed E-state index contributed by atoms with van der Waals surface area (Å²) in [6.45, 7) is 4.15. The van der Waals surface area contributed by atoms with E-state index in [0.29, 0.717) is 0 Å². The van der Waals surface area contributed by atoms with Crippen molar-refractivity contribution in [1.82, 2.24) is 4.98 Å². The zero-order valence-electron chi connectivity index (χ0n) is 17.1. The van der Waals surface area contributed by atoms with Crippen LogP contribution < -0.4 is 5.43 Å². The highest BCUT2D eigenvalue weighted by atomic mass is 32.1. The van der Waals surface area contributed by atoms with Crippen molar-refractivity contribution >= 4 is 27.9 Å². The minimum Gasteiger partial charge on any atom is -0.258 e. The van der Waals surface area contributed by atoms with E-state index in [1.165, 1.54) is 54.0 Å². The van der Waals surface area contributed by atoms with E-state index in [1.807, 2.05) is 0 Å². The SMILES string of the molecule is Cc1ccc(-c2nc(NN=C3CCCCC3)sc2-c2ccc([N+](=O)[O-])cc2)c(C)c1. The summed E-state index contributed by atoms with van der Waals surface area (Å²) in [5.74, 6) is 0. The van der Waals surface area contributed by atoms with Crippen molar-refractivity contribution in [3.8, 4) is 21.7 Å². The van der Waals surface area contributed by atoms with Crippen molar-refractivity contribution in [2.24, 2.45) is 5.10 Å². The number of nitro benzene ring substituents is 1. The molecule has 154 valence electrons. The maximum atomic E-state index is 11.0. The predicted octanol–water partition coefficient (Wildman–Crippen LogP) is 6.73. The van der Waals surface area contributed by atoms with Crippen LogP contribution in [-0.2, 0) is 0 Å². The number of rotatable bonds is 5. The summed E-state index contributed by atoms with van der Waals surface area (Å²) in [5.41, 5.74) is 9.63. The molecule has 7 heteroatoms. The molecule has 1 aliphatic rings. The molecule has 0 spiro atoms. The first kappa shape index (κ1) is 20.2. The monoisotopic (exact) mass is 420 g/mol. The van der Waals surface area contributed by atoms with E-state index in [0.717, 1.165) is 45.2 Å². The normalized spacial score (nSPS) is 13.9. The van der Waals surface area contributed by atoms with Gasteiger partial charge in [0.15, 0.2) is 0 Å². The molecule has 2 aromatic carbocycles. The lowest BCUT2D eigenvalue weighted by molar-refractivity contribution is -0.384. The molecule has 30 heavy (non-hydrogen) atoms. The summed E-state index contributed by atoms with van der Waals surface area (Å²) in [4.78, 5) is 16.5. The van der Waals surface area contributed by atoms with Gasteiger partial charge in [-0.3, -0.25) is 15.5 Å². The Morgan fingerprint density at radius 3 is 2.47 bits per heavy atom. The van der Waals surface area contributed by atoms with E-state index in [1.54, 1.807) is 12.1 Å². The van der Waals surface area contributed by atoms with Crippen molar-refractivity contribution in [3.63, 3.8) is 0 Å². The smallest absolute Gasteiger partial charge is 0.258 e. The van der Waals surface area contributed by atoms with Crippen molar-refractivity contribution < 1.29 is 4.92 Å². The van der Waals surface area contributed by atoms with E-state index in [-0.39, 0.29) is 10.6 Å². The molecule has 1 N–H and O–H groups in total. The molecule has 3 aromatic rings. The van der Waals surface area contributed by atoms with E-state index in [9.17, 15) is 10.1 Å². The molecule has 1 aliphatic carbocycles. The third-order valence-electron chi connectivity index (χ3n) is 5.34. The second kappa shape index (κ2) is 8.75. The third kappa shape index (κ3) is 4.41. The lowest BCUT2D eigenvalue weighted by atomic mass is 9.99. The third-order valence-corrected chi connectivity index (χ3v) is 6.35. The van der Waals surface area contributed by atoms with Gasteiger partial charge in [0.05, 0.1) is 15.5 Å². The Labute approximate surface area is 179 Å². The number of nitrogens with one attached hydrogen (secondary N) is 1. The number of hydrogen-bond donors (Lipinski definition) is 1. The van der Waals surface area contributed by atoms with Crippen LogP contribution in [0.3, 0.4) is 0 Å². The average molecular weight is 421 g/mol. The first-order valence-electron chi connectivity index (χ1n) is 10.2. The van der Waals surface area contributed by atoms with E-state index < -0.39 is 0 Å². The van der Waals surface area contributed by atoms with E-state index >= 15 is 0 Å². The van der Waals surface area contributed by atoms with E-state index in [4.69, 9.17) is 4.98 Å². The Balaban J connectivity index is 1.74. The maximum Gasteiger partial charge on any atom is 0.269 e. The van der Waals surface area contributed by atoms with Crippen LogP contribution in [0.25, 0.3) is 21.7 Å². The average Bonchev–Trinajstić information content (AvgIpc) is 3.17. The molecular formula is C23H24N4O2S. The van der Waals surface area contributed by atoms with Crippen LogP contribution in [0.4, 0.5) is 10.8 Å². The van der Waals surface area contributed by atoms with Crippen LogP contribution >= 0.6 is 11.3 Å². The summed E-state index contributed by atoms with van der Waals surface area (Å²) in [6, 6.07) is 13.0. The van der Waals surface area contributed by atoms with Crippen LogP contribution in [0, 0.1) is 24.0 Å². The maximum absolute atomic E-state index is 11.0. The van der Waals surface area contributed by atoms with Gasteiger partial charge in [-0.1, -0.05) is 41.5 Å². The summed E-state index contributed by atoms with van der Waals surface area (Å²) in [5, 5.41) is 16.4. The largest absolute Gasteiger partial charge is 0.269 e. The fourth-order valence-electron chi connectivity index (χ4n) is 3.76. The molecule has 0 atom stereocenters. The Kier molecular flexibility index (Phi) is 5.90. The highest BCUT2D eigenvalue weighted by Gasteiger charge is 2.18. The number of aryl methyl sites for hydroxylation is 2. The van der Waals surface area contributed by atoms with Crippen molar-refractivity contribution in [2.45, 2.75) is 46.0 Å². The topological polar surface area (TPSA) is 80.4 Å². The second-order valence-corrected chi connectivity index (χ2v) is 8.67. The molecule has 0 unspecified atom stereocenters. The van der Waals surface area contributed by atoms with Gasteiger partial charge in [-0.25, -0.2) is 4.98 Å². The van der Waals surface area contributed by atoms with Gasteiger partial charge in [-0.05, 0) is 62.8 Å². The first-order chi connectivity index (χ1) is 14.5. The minimum absolute atomic E-state index is 0.0818. The lowest BCUT2D eigenvalue weighted by Crippen LogP contribution is -2.07. The second-order valence-electron chi connectivity index (χ2n) is 7.67. The number of hydrazone groups is 1. The number of hydrogen-bond acceptors (Lipinski definition) is 6. The van der Waals surface area contributed by atoms with Crippen molar-refractivity contribution in [1.29, 1.82) is 0 Å². The van der Waals surface area contributed by atoms with Crippen LogP contribution in [-0.4, -0.2) is 15.6 Å². The zero-order chi connectivity index (χ0) is 21.1. The van der Waals surface area contributed by atoms with Crippen LogP contribution in [0.5, 0.6) is 0 Å². The molecule has 6 nitrogen and oxygen atoms in total. The van der Waals surface area contributed by atoms with Gasteiger partial charge in [0.25, 0.3) is 5.69 Å². The molecule has 0 saturated heterocycles. The summed E-state index contributed by atoms with van der Waals surface area (Å²) in [7, 11) is 0. The van der Waals surface area contributed by atoms with E-state index in [2.05, 4.69) is 42.6 Å². The molecule has 4 rings (SSSR count). The molecule has 0 radical (unpaired) electrons. The lowest BCUT2D eigenvalue weighted by Gasteiger charge is -2.11. The fourth-order valence-corrected chi connectivity index (χ4v) is 4.69. The standard InChI is InChI=1S/C23H24N4O2S/c1-15-8-13-20(16(2)14-15)21-22(17-9-11-19(12-10-17)27(28)29)30-23(24-21)26-25-18-6-4-3-5-7-18/h8-14H,3-7H2,1-2H3,(H,24,26). The highest BCUT2D eigenvalue weighted by molar-refractivity contribution is 7.19. The van der Waals surface area contributed by atoms with Crippen molar-refractivity contribution in [3.05, 3.63) is 63.7 Å². The number of nitrogens with zero attached hydrogens (tertiary/aromatic N) is 3.